The number of nitrogens with two attached hydrogens (primary N) is 2. The molecule has 1 aromatic heterocycles. The standard InChI is InChI=1S/C24H24N6O2S2/c1-24(2)10-17-20(18(31)11-24)15(9-8-14-6-4-3-5-7-14)16(12-25)21(27)30(17)22-28-29-23(34-22)33-13-19(26)32/h3-9,15H,10-11,13,27H2,1-2H3,(H2,26,32)/b9-8+. The zero-order chi connectivity index (χ0) is 24.5. The highest BCUT2D eigenvalue weighted by Crippen LogP contribution is 2.48. The predicted octanol–water partition coefficient (Wildman–Crippen LogP) is 3.60. The fourth-order valence-corrected chi connectivity index (χ4v) is 5.84. The Kier molecular flexibility index (Phi) is 6.59. The van der Waals surface area contributed by atoms with Crippen LogP contribution < -0.4 is 16.4 Å². The summed E-state index contributed by atoms with van der Waals surface area (Å²) < 4.78 is 0.551. The van der Waals surface area contributed by atoms with Gasteiger partial charge in [-0.25, -0.2) is 0 Å². The number of amides is 1. The molecule has 2 aromatic rings. The summed E-state index contributed by atoms with van der Waals surface area (Å²) in [5, 5.41) is 18.9. The van der Waals surface area contributed by atoms with E-state index in [1.807, 2.05) is 56.3 Å². The van der Waals surface area contributed by atoms with Crippen LogP contribution in [-0.2, 0) is 9.59 Å². The summed E-state index contributed by atoms with van der Waals surface area (Å²) in [6.07, 6.45) is 4.75. The Morgan fingerprint density at radius 1 is 1.32 bits per heavy atom. The first kappa shape index (κ1) is 23.7. The molecule has 4 N–H and O–H groups in total. The van der Waals surface area contributed by atoms with Crippen molar-refractivity contribution in [2.24, 2.45) is 22.8 Å². The van der Waals surface area contributed by atoms with Gasteiger partial charge in [-0.2, -0.15) is 5.26 Å². The second-order valence-electron chi connectivity index (χ2n) is 8.90. The number of carbonyl (C=O) groups excluding carboxylic acids is 2. The topological polar surface area (TPSA) is 139 Å². The Hall–Kier alpha value is -3.42. The maximum atomic E-state index is 13.4. The van der Waals surface area contributed by atoms with Gasteiger partial charge in [-0.05, 0) is 17.4 Å². The van der Waals surface area contributed by atoms with Gasteiger partial charge >= 0.3 is 0 Å². The molecule has 1 aliphatic heterocycles. The lowest BCUT2D eigenvalue weighted by atomic mass is 9.70. The quantitative estimate of drug-likeness (QED) is 0.583. The minimum atomic E-state index is -0.545. The molecule has 174 valence electrons. The number of ketones is 1. The highest BCUT2D eigenvalue weighted by Gasteiger charge is 2.44. The monoisotopic (exact) mass is 492 g/mol. The van der Waals surface area contributed by atoms with Crippen molar-refractivity contribution in [1.29, 1.82) is 5.26 Å². The Morgan fingerprint density at radius 3 is 2.74 bits per heavy atom. The van der Waals surface area contributed by atoms with E-state index in [2.05, 4.69) is 16.3 Å². The highest BCUT2D eigenvalue weighted by atomic mass is 32.2. The maximum absolute atomic E-state index is 13.4. The molecule has 2 aliphatic rings. The van der Waals surface area contributed by atoms with E-state index < -0.39 is 11.8 Å². The minimum Gasteiger partial charge on any atom is -0.384 e. The molecule has 0 bridgehead atoms. The lowest BCUT2D eigenvalue weighted by molar-refractivity contribution is -0.118. The van der Waals surface area contributed by atoms with Crippen LogP contribution in [-0.4, -0.2) is 27.6 Å². The summed E-state index contributed by atoms with van der Waals surface area (Å²) in [5.41, 5.74) is 14.1. The van der Waals surface area contributed by atoms with Gasteiger partial charge < -0.3 is 11.5 Å². The number of anilines is 1. The Bertz CT molecular complexity index is 1270. The molecular formula is C24H24N6O2S2. The molecule has 0 spiro atoms. The van der Waals surface area contributed by atoms with Gasteiger partial charge in [0.15, 0.2) is 10.1 Å². The number of allylic oxidation sites excluding steroid dienone is 4. The molecule has 10 heteroatoms. The lowest BCUT2D eigenvalue weighted by Crippen LogP contribution is -2.42. The van der Waals surface area contributed by atoms with Gasteiger partial charge in [0.25, 0.3) is 0 Å². The molecule has 4 rings (SSSR count). The van der Waals surface area contributed by atoms with E-state index in [-0.39, 0.29) is 22.8 Å². The van der Waals surface area contributed by atoms with Crippen molar-refractivity contribution < 1.29 is 9.59 Å². The number of benzene rings is 1. The van der Waals surface area contributed by atoms with E-state index in [4.69, 9.17) is 11.5 Å². The second-order valence-corrected chi connectivity index (χ2v) is 11.1. The van der Waals surface area contributed by atoms with Gasteiger partial charge in [-0.15, -0.1) is 10.2 Å². The number of nitrogens with zero attached hydrogens (tertiary/aromatic N) is 4. The van der Waals surface area contributed by atoms with Gasteiger partial charge in [0.05, 0.1) is 17.4 Å². The molecule has 34 heavy (non-hydrogen) atoms. The largest absolute Gasteiger partial charge is 0.384 e. The molecule has 2 heterocycles. The molecule has 0 saturated carbocycles. The van der Waals surface area contributed by atoms with E-state index >= 15 is 0 Å². The minimum absolute atomic E-state index is 0.00736. The summed E-state index contributed by atoms with van der Waals surface area (Å²) in [7, 11) is 0. The third-order valence-electron chi connectivity index (χ3n) is 5.63. The maximum Gasteiger partial charge on any atom is 0.227 e. The number of hydrogen-bond donors (Lipinski definition) is 2. The Balaban J connectivity index is 1.81. The fraction of sp³-hybridized carbons (Fsp3) is 0.292. The first-order chi connectivity index (χ1) is 16.2. The Labute approximate surface area is 206 Å². The summed E-state index contributed by atoms with van der Waals surface area (Å²) in [4.78, 5) is 26.2. The van der Waals surface area contributed by atoms with Crippen LogP contribution >= 0.6 is 23.1 Å². The summed E-state index contributed by atoms with van der Waals surface area (Å²) in [6.45, 7) is 4.07. The molecular weight excluding hydrogens is 468 g/mol. The number of nitriles is 1. The van der Waals surface area contributed by atoms with E-state index in [9.17, 15) is 14.9 Å². The van der Waals surface area contributed by atoms with Crippen molar-refractivity contribution in [1.82, 2.24) is 10.2 Å². The van der Waals surface area contributed by atoms with Crippen LogP contribution in [0.3, 0.4) is 0 Å². The van der Waals surface area contributed by atoms with Crippen LogP contribution in [0.4, 0.5) is 5.13 Å². The highest BCUT2D eigenvalue weighted by molar-refractivity contribution is 8.01. The summed E-state index contributed by atoms with van der Waals surface area (Å²) in [6, 6.07) is 11.9. The van der Waals surface area contributed by atoms with Gasteiger partial charge in [0.2, 0.25) is 11.0 Å². The van der Waals surface area contributed by atoms with Crippen molar-refractivity contribution >= 4 is 46.0 Å². The van der Waals surface area contributed by atoms with Gasteiger partial charge in [0, 0.05) is 23.6 Å². The van der Waals surface area contributed by atoms with Crippen LogP contribution in [0.25, 0.3) is 6.08 Å². The SMILES string of the molecule is CC1(C)CC(=O)C2=C(C1)N(c1nnc(SCC(N)=O)s1)C(N)=C(C#N)C2/C=C/c1ccccc1. The molecule has 0 fully saturated rings. The fourth-order valence-electron chi connectivity index (χ4n) is 4.22. The number of thioether (sulfide) groups is 1. The van der Waals surface area contributed by atoms with Crippen molar-refractivity contribution in [2.45, 2.75) is 31.0 Å². The van der Waals surface area contributed by atoms with Crippen LogP contribution in [0, 0.1) is 22.7 Å². The van der Waals surface area contributed by atoms with Gasteiger partial charge in [-0.1, -0.05) is 79.4 Å². The van der Waals surface area contributed by atoms with Crippen molar-refractivity contribution in [3.63, 3.8) is 0 Å². The molecule has 1 aliphatic carbocycles. The number of Topliss-reactive ketones (excluding diaryl/α,β-unsaturated/α-hetero) is 1. The van der Waals surface area contributed by atoms with Gasteiger partial charge in [0.1, 0.15) is 5.82 Å². The zero-order valence-electron chi connectivity index (χ0n) is 18.8. The van der Waals surface area contributed by atoms with E-state index in [1.54, 1.807) is 4.90 Å². The van der Waals surface area contributed by atoms with Crippen LogP contribution in [0.1, 0.15) is 32.3 Å². The number of rotatable bonds is 6. The molecule has 1 unspecified atom stereocenters. The second kappa shape index (κ2) is 9.44. The Morgan fingerprint density at radius 2 is 2.06 bits per heavy atom. The van der Waals surface area contributed by atoms with Crippen LogP contribution in [0.5, 0.6) is 0 Å². The number of hydrogen-bond acceptors (Lipinski definition) is 9. The molecule has 8 nitrogen and oxygen atoms in total. The van der Waals surface area contributed by atoms with Crippen molar-refractivity contribution in [2.75, 3.05) is 10.7 Å². The number of carbonyl (C=O) groups is 2. The average Bonchev–Trinajstić information content (AvgIpc) is 3.24. The summed E-state index contributed by atoms with van der Waals surface area (Å²) >= 11 is 2.42. The smallest absolute Gasteiger partial charge is 0.227 e. The number of aromatic nitrogens is 2. The molecule has 0 radical (unpaired) electrons. The molecule has 1 amide bonds. The van der Waals surface area contributed by atoms with Crippen molar-refractivity contribution in [3.05, 3.63) is 64.6 Å². The first-order valence-corrected chi connectivity index (χ1v) is 12.4. The molecule has 1 atom stereocenters. The third kappa shape index (κ3) is 4.76. The van der Waals surface area contributed by atoms with Crippen molar-refractivity contribution in [3.8, 4) is 6.07 Å². The van der Waals surface area contributed by atoms with Gasteiger partial charge in [-0.3, -0.25) is 14.5 Å². The molecule has 0 saturated heterocycles. The van der Waals surface area contributed by atoms with Crippen LogP contribution in [0.15, 0.2) is 63.4 Å². The number of primary amides is 1. The first-order valence-electron chi connectivity index (χ1n) is 10.6. The predicted molar refractivity (Wildman–Crippen MR) is 133 cm³/mol. The average molecular weight is 493 g/mol. The zero-order valence-corrected chi connectivity index (χ0v) is 20.4. The summed E-state index contributed by atoms with van der Waals surface area (Å²) in [5.74, 6) is -0.695. The third-order valence-corrected chi connectivity index (χ3v) is 7.70. The van der Waals surface area contributed by atoms with E-state index in [1.165, 1.54) is 23.1 Å². The van der Waals surface area contributed by atoms with Crippen LogP contribution in [0.2, 0.25) is 0 Å². The van der Waals surface area contributed by atoms with E-state index in [0.717, 1.165) is 11.3 Å². The lowest BCUT2D eigenvalue weighted by Gasteiger charge is -2.41. The molecule has 1 aromatic carbocycles. The van der Waals surface area contributed by atoms with E-state index in [0.29, 0.717) is 33.5 Å². The normalized spacial score (nSPS) is 20.0.